The summed E-state index contributed by atoms with van der Waals surface area (Å²) >= 11 is 0. The molecule has 1 N–H and O–H groups in total. The van der Waals surface area contributed by atoms with Crippen LogP contribution in [0.4, 0.5) is 4.79 Å². The molecule has 2 heterocycles. The van der Waals surface area contributed by atoms with Crippen molar-refractivity contribution in [2.24, 2.45) is 5.92 Å². The molecule has 1 aromatic rings. The number of nitrogens with one attached hydrogen (secondary N) is 1. The molecule has 1 aliphatic carbocycles. The first kappa shape index (κ1) is 24.3. The lowest BCUT2D eigenvalue weighted by Crippen LogP contribution is -2.55. The molecule has 0 bridgehead atoms. The van der Waals surface area contributed by atoms with E-state index in [0.29, 0.717) is 12.0 Å². The van der Waals surface area contributed by atoms with Gasteiger partial charge in [-0.2, -0.15) is 4.31 Å². The summed E-state index contributed by atoms with van der Waals surface area (Å²) in [5.41, 5.74) is -0.486. The fraction of sp³-hybridized carbons (Fsp3) is 0.565. The highest BCUT2D eigenvalue weighted by atomic mass is 32.2. The van der Waals surface area contributed by atoms with Crippen LogP contribution in [0.5, 0.6) is 0 Å². The van der Waals surface area contributed by atoms with E-state index in [9.17, 15) is 27.6 Å². The van der Waals surface area contributed by atoms with Crippen molar-refractivity contribution in [3.8, 4) is 0 Å². The van der Waals surface area contributed by atoms with Crippen molar-refractivity contribution < 1.29 is 27.6 Å². The lowest BCUT2D eigenvalue weighted by atomic mass is 9.73. The number of nitrogens with zero attached hydrogens (tertiary/aromatic N) is 3. The van der Waals surface area contributed by atoms with Crippen LogP contribution < -0.4 is 5.32 Å². The highest BCUT2D eigenvalue weighted by Gasteiger charge is 2.55. The summed E-state index contributed by atoms with van der Waals surface area (Å²) in [6, 6.07) is 5.23. The van der Waals surface area contributed by atoms with Crippen LogP contribution in [0.2, 0.25) is 0 Å². The SMILES string of the molecule is CC(=O)c1ccc(S(=O)(=O)N2CCN(C(=O)CN3C(=O)NC4(CCCCC4C)C3=O)CC2)cc1. The number of amides is 4. The number of hydrogen-bond donors (Lipinski definition) is 1. The summed E-state index contributed by atoms with van der Waals surface area (Å²) in [4.78, 5) is 52.5. The Morgan fingerprint density at radius 3 is 2.29 bits per heavy atom. The van der Waals surface area contributed by atoms with Crippen LogP contribution in [-0.4, -0.2) is 84.4 Å². The maximum atomic E-state index is 13.1. The second-order valence-electron chi connectivity index (χ2n) is 9.31. The van der Waals surface area contributed by atoms with Crippen molar-refractivity contribution >= 4 is 33.7 Å². The zero-order chi connectivity index (χ0) is 24.7. The van der Waals surface area contributed by atoms with Crippen molar-refractivity contribution in [3.63, 3.8) is 0 Å². The van der Waals surface area contributed by atoms with Gasteiger partial charge in [0.05, 0.1) is 4.90 Å². The Balaban J connectivity index is 1.37. The molecular formula is C23H30N4O6S. The predicted octanol–water partition coefficient (Wildman–Crippen LogP) is 1.22. The monoisotopic (exact) mass is 490 g/mol. The van der Waals surface area contributed by atoms with E-state index in [2.05, 4.69) is 5.32 Å². The largest absolute Gasteiger partial charge is 0.338 e. The summed E-state index contributed by atoms with van der Waals surface area (Å²) in [6.07, 6.45) is 3.29. The lowest BCUT2D eigenvalue weighted by Gasteiger charge is -2.37. The highest BCUT2D eigenvalue weighted by molar-refractivity contribution is 7.89. The first-order chi connectivity index (χ1) is 16.1. The van der Waals surface area contributed by atoms with Gasteiger partial charge in [-0.1, -0.05) is 31.9 Å². The first-order valence-electron chi connectivity index (χ1n) is 11.6. The molecule has 2 unspecified atom stereocenters. The number of urea groups is 1. The van der Waals surface area contributed by atoms with Crippen molar-refractivity contribution in [3.05, 3.63) is 29.8 Å². The van der Waals surface area contributed by atoms with Gasteiger partial charge in [0.25, 0.3) is 5.91 Å². The number of carbonyl (C=O) groups is 4. The molecule has 0 radical (unpaired) electrons. The van der Waals surface area contributed by atoms with Crippen LogP contribution in [0.25, 0.3) is 0 Å². The molecule has 1 aromatic carbocycles. The number of ketones is 1. The third-order valence-corrected chi connectivity index (χ3v) is 9.20. The zero-order valence-corrected chi connectivity index (χ0v) is 20.3. The Kier molecular flexibility index (Phi) is 6.52. The minimum atomic E-state index is -3.76. The Hall–Kier alpha value is -2.79. The van der Waals surface area contributed by atoms with E-state index >= 15 is 0 Å². The summed E-state index contributed by atoms with van der Waals surface area (Å²) in [5.74, 6) is -0.860. The average molecular weight is 491 g/mol. The van der Waals surface area contributed by atoms with E-state index in [4.69, 9.17) is 0 Å². The molecule has 3 aliphatic rings. The minimum Gasteiger partial charge on any atom is -0.338 e. The maximum absolute atomic E-state index is 13.1. The van der Waals surface area contributed by atoms with E-state index in [1.165, 1.54) is 40.4 Å². The van der Waals surface area contributed by atoms with Gasteiger partial charge in [-0.25, -0.2) is 13.2 Å². The molecule has 4 rings (SSSR count). The number of Topliss-reactive ketones (excluding diaryl/α,β-unsaturated/α-hetero) is 1. The Morgan fingerprint density at radius 2 is 1.71 bits per heavy atom. The van der Waals surface area contributed by atoms with Crippen molar-refractivity contribution in [1.82, 2.24) is 19.4 Å². The second kappa shape index (κ2) is 9.10. The summed E-state index contributed by atoms with van der Waals surface area (Å²) in [7, 11) is -3.76. The third-order valence-electron chi connectivity index (χ3n) is 7.28. The molecule has 184 valence electrons. The van der Waals surface area contributed by atoms with E-state index in [1.807, 2.05) is 6.92 Å². The number of imide groups is 1. The van der Waals surface area contributed by atoms with Gasteiger partial charge in [-0.3, -0.25) is 19.3 Å². The molecule has 4 amide bonds. The topological polar surface area (TPSA) is 124 Å². The van der Waals surface area contributed by atoms with E-state index in [-0.39, 0.29) is 61.1 Å². The standard InChI is InChI=1S/C23H30N4O6S/c1-16-5-3-4-10-23(16)21(30)27(22(31)24-23)15-20(29)25-11-13-26(14-12-25)34(32,33)19-8-6-18(7-9-19)17(2)28/h6-9,16H,3-5,10-15H2,1-2H3,(H,24,31). The minimum absolute atomic E-state index is 0.0102. The van der Waals surface area contributed by atoms with Gasteiger partial charge in [0, 0.05) is 31.7 Å². The Bertz CT molecular complexity index is 1110. The number of hydrogen-bond acceptors (Lipinski definition) is 6. The Labute approximate surface area is 199 Å². The van der Waals surface area contributed by atoms with Crippen LogP contribution in [0, 0.1) is 5.92 Å². The maximum Gasteiger partial charge on any atom is 0.325 e. The van der Waals surface area contributed by atoms with Crippen LogP contribution >= 0.6 is 0 Å². The van der Waals surface area contributed by atoms with Gasteiger partial charge in [0.1, 0.15) is 12.1 Å². The molecular weight excluding hydrogens is 460 g/mol. The summed E-state index contributed by atoms with van der Waals surface area (Å²) in [6.45, 7) is 3.54. The number of sulfonamides is 1. The van der Waals surface area contributed by atoms with Gasteiger partial charge in [0.15, 0.2) is 5.78 Å². The first-order valence-corrected chi connectivity index (χ1v) is 13.0. The predicted molar refractivity (Wildman–Crippen MR) is 122 cm³/mol. The molecule has 2 atom stereocenters. The van der Waals surface area contributed by atoms with Crippen molar-refractivity contribution in [1.29, 1.82) is 0 Å². The second-order valence-corrected chi connectivity index (χ2v) is 11.2. The Morgan fingerprint density at radius 1 is 1.06 bits per heavy atom. The molecule has 0 aromatic heterocycles. The molecule has 2 aliphatic heterocycles. The van der Waals surface area contributed by atoms with Gasteiger partial charge < -0.3 is 10.2 Å². The molecule has 34 heavy (non-hydrogen) atoms. The molecule has 3 fully saturated rings. The van der Waals surface area contributed by atoms with Crippen LogP contribution in [-0.2, 0) is 19.6 Å². The average Bonchev–Trinajstić information content (AvgIpc) is 3.06. The van der Waals surface area contributed by atoms with Crippen molar-refractivity contribution in [2.45, 2.75) is 50.0 Å². The number of carbonyl (C=O) groups excluding carboxylic acids is 4. The summed E-state index contributed by atoms with van der Waals surface area (Å²) < 4.78 is 27.2. The fourth-order valence-corrected chi connectivity index (χ4v) is 6.48. The van der Waals surface area contributed by atoms with Gasteiger partial charge >= 0.3 is 6.03 Å². The molecule has 10 nitrogen and oxygen atoms in total. The lowest BCUT2D eigenvalue weighted by molar-refractivity contribution is -0.141. The number of piperazine rings is 1. The zero-order valence-electron chi connectivity index (χ0n) is 19.5. The number of rotatable bonds is 5. The van der Waals surface area contributed by atoms with E-state index in [0.717, 1.165) is 24.2 Å². The van der Waals surface area contributed by atoms with E-state index < -0.39 is 21.6 Å². The fourth-order valence-electron chi connectivity index (χ4n) is 5.06. The van der Waals surface area contributed by atoms with Gasteiger partial charge in [-0.05, 0) is 37.8 Å². The van der Waals surface area contributed by atoms with Gasteiger partial charge in [0.2, 0.25) is 15.9 Å². The van der Waals surface area contributed by atoms with Crippen LogP contribution in [0.3, 0.4) is 0 Å². The quantitative estimate of drug-likeness (QED) is 0.489. The third kappa shape index (κ3) is 4.22. The van der Waals surface area contributed by atoms with Gasteiger partial charge in [-0.15, -0.1) is 0 Å². The molecule has 2 saturated heterocycles. The van der Waals surface area contributed by atoms with Crippen LogP contribution in [0.15, 0.2) is 29.2 Å². The molecule has 1 spiro atoms. The molecule has 1 saturated carbocycles. The smallest absolute Gasteiger partial charge is 0.325 e. The summed E-state index contributed by atoms with van der Waals surface area (Å²) in [5, 5.41) is 2.84. The van der Waals surface area contributed by atoms with Crippen LogP contribution in [0.1, 0.15) is 49.9 Å². The normalized spacial score (nSPS) is 26.1. The highest BCUT2D eigenvalue weighted by Crippen LogP contribution is 2.38. The molecule has 11 heteroatoms. The van der Waals surface area contributed by atoms with Crippen molar-refractivity contribution in [2.75, 3.05) is 32.7 Å². The number of benzene rings is 1. The van der Waals surface area contributed by atoms with E-state index in [1.54, 1.807) is 0 Å².